The van der Waals surface area contributed by atoms with Gasteiger partial charge in [0.15, 0.2) is 5.69 Å². The zero-order chi connectivity index (χ0) is 14.5. The number of aliphatic hydroxyl groups is 1. The van der Waals surface area contributed by atoms with E-state index in [0.717, 1.165) is 10.6 Å². The van der Waals surface area contributed by atoms with Crippen LogP contribution in [0.1, 0.15) is 30.8 Å². The summed E-state index contributed by atoms with van der Waals surface area (Å²) < 4.78 is 0. The third-order valence-electron chi connectivity index (χ3n) is 2.84. The Balaban J connectivity index is 1.90. The summed E-state index contributed by atoms with van der Waals surface area (Å²) >= 11 is 1.58. The molecule has 2 aromatic rings. The Morgan fingerprint density at radius 2 is 2.35 bits per heavy atom. The molecule has 2 rings (SSSR count). The van der Waals surface area contributed by atoms with Gasteiger partial charge < -0.3 is 10.4 Å². The molecule has 3 N–H and O–H groups in total. The van der Waals surface area contributed by atoms with Crippen molar-refractivity contribution in [3.8, 4) is 10.6 Å². The second-order valence-electron chi connectivity index (χ2n) is 5.14. The second kappa shape index (κ2) is 6.67. The Labute approximate surface area is 122 Å². The molecule has 5 nitrogen and oxygen atoms in total. The number of nitrogens with one attached hydrogen (secondary N) is 2. The minimum atomic E-state index is -0.519. The number of amides is 1. The molecule has 0 fully saturated rings. The summed E-state index contributed by atoms with van der Waals surface area (Å²) in [4.78, 5) is 13.0. The van der Waals surface area contributed by atoms with Crippen molar-refractivity contribution in [1.29, 1.82) is 0 Å². The Kier molecular flexibility index (Phi) is 4.92. The van der Waals surface area contributed by atoms with E-state index in [0.29, 0.717) is 18.0 Å². The van der Waals surface area contributed by atoms with Gasteiger partial charge >= 0.3 is 0 Å². The lowest BCUT2D eigenvalue weighted by molar-refractivity contribution is 0.0895. The monoisotopic (exact) mass is 293 g/mol. The Morgan fingerprint density at radius 1 is 1.55 bits per heavy atom. The van der Waals surface area contributed by atoms with Crippen LogP contribution in [0.3, 0.4) is 0 Å². The highest BCUT2D eigenvalue weighted by Crippen LogP contribution is 2.22. The summed E-state index contributed by atoms with van der Waals surface area (Å²) in [7, 11) is 0. The maximum absolute atomic E-state index is 11.9. The van der Waals surface area contributed by atoms with Crippen LogP contribution in [0.15, 0.2) is 23.6 Å². The average molecular weight is 293 g/mol. The Hall–Kier alpha value is -1.66. The zero-order valence-corrected chi connectivity index (χ0v) is 12.4. The molecular formula is C14H19N3O2S. The summed E-state index contributed by atoms with van der Waals surface area (Å²) in [6.07, 6.45) is 0.149. The number of carbonyl (C=O) groups excluding carboxylic acids is 1. The Bertz CT molecular complexity index is 549. The zero-order valence-electron chi connectivity index (χ0n) is 11.6. The fourth-order valence-corrected chi connectivity index (χ4v) is 2.62. The number of rotatable bonds is 6. The van der Waals surface area contributed by atoms with Crippen molar-refractivity contribution in [2.45, 2.75) is 26.4 Å². The number of hydrogen-bond donors (Lipinski definition) is 3. The standard InChI is InChI=1S/C14H19N3O2S/c1-9(2)6-10(18)8-15-14(19)12-7-11(16-17-12)13-4-3-5-20-13/h3-5,7,9-10,18H,6,8H2,1-2H3,(H,15,19)(H,16,17). The van der Waals surface area contributed by atoms with Gasteiger partial charge in [-0.15, -0.1) is 11.3 Å². The molecule has 0 bridgehead atoms. The number of thiophene rings is 1. The quantitative estimate of drug-likeness (QED) is 0.764. The van der Waals surface area contributed by atoms with Crippen molar-refractivity contribution < 1.29 is 9.90 Å². The van der Waals surface area contributed by atoms with Crippen LogP contribution in [-0.4, -0.2) is 33.9 Å². The van der Waals surface area contributed by atoms with Crippen molar-refractivity contribution in [2.75, 3.05) is 6.54 Å². The molecule has 0 aliphatic rings. The number of hydrogen-bond acceptors (Lipinski definition) is 4. The molecule has 2 aromatic heterocycles. The van der Waals surface area contributed by atoms with E-state index in [-0.39, 0.29) is 12.5 Å². The first-order valence-corrected chi connectivity index (χ1v) is 7.49. The highest BCUT2D eigenvalue weighted by atomic mass is 32.1. The lowest BCUT2D eigenvalue weighted by atomic mass is 10.1. The number of H-pyrrole nitrogens is 1. The number of aromatic nitrogens is 2. The molecule has 0 saturated carbocycles. The van der Waals surface area contributed by atoms with Crippen molar-refractivity contribution in [3.05, 3.63) is 29.3 Å². The van der Waals surface area contributed by atoms with Gasteiger partial charge in [0.1, 0.15) is 0 Å². The largest absolute Gasteiger partial charge is 0.391 e. The van der Waals surface area contributed by atoms with Crippen LogP contribution in [0, 0.1) is 5.92 Å². The number of nitrogens with zero attached hydrogens (tertiary/aromatic N) is 1. The molecule has 0 radical (unpaired) electrons. The van der Waals surface area contributed by atoms with E-state index in [2.05, 4.69) is 15.5 Å². The van der Waals surface area contributed by atoms with E-state index in [4.69, 9.17) is 0 Å². The van der Waals surface area contributed by atoms with Gasteiger partial charge in [0.2, 0.25) is 0 Å². The third kappa shape index (κ3) is 3.91. The predicted octanol–water partition coefficient (Wildman–Crippen LogP) is 2.27. The maximum Gasteiger partial charge on any atom is 0.271 e. The lowest BCUT2D eigenvalue weighted by Crippen LogP contribution is -2.32. The molecule has 0 saturated heterocycles. The van der Waals surface area contributed by atoms with Gasteiger partial charge in [-0.1, -0.05) is 19.9 Å². The molecule has 0 aliphatic carbocycles. The van der Waals surface area contributed by atoms with Crippen LogP contribution in [-0.2, 0) is 0 Å². The summed E-state index contributed by atoms with van der Waals surface area (Å²) in [5, 5.41) is 21.2. The van der Waals surface area contributed by atoms with Crippen LogP contribution < -0.4 is 5.32 Å². The predicted molar refractivity (Wildman–Crippen MR) is 79.7 cm³/mol. The molecule has 0 aliphatic heterocycles. The van der Waals surface area contributed by atoms with E-state index >= 15 is 0 Å². The molecule has 1 amide bonds. The first-order valence-electron chi connectivity index (χ1n) is 6.62. The van der Waals surface area contributed by atoms with E-state index in [1.54, 1.807) is 17.4 Å². The summed E-state index contributed by atoms with van der Waals surface area (Å²) in [6.45, 7) is 4.32. The molecule has 108 valence electrons. The smallest absolute Gasteiger partial charge is 0.271 e. The fourth-order valence-electron chi connectivity index (χ4n) is 1.92. The van der Waals surface area contributed by atoms with Crippen molar-refractivity contribution >= 4 is 17.2 Å². The maximum atomic E-state index is 11.9. The average Bonchev–Trinajstić information content (AvgIpc) is 3.04. The van der Waals surface area contributed by atoms with Gasteiger partial charge in [-0.2, -0.15) is 5.10 Å². The van der Waals surface area contributed by atoms with Crippen LogP contribution in [0.4, 0.5) is 0 Å². The molecular weight excluding hydrogens is 274 g/mol. The molecule has 2 heterocycles. The van der Waals surface area contributed by atoms with Crippen LogP contribution in [0.5, 0.6) is 0 Å². The normalized spacial score (nSPS) is 12.6. The van der Waals surface area contributed by atoms with Crippen molar-refractivity contribution in [1.82, 2.24) is 15.5 Å². The number of aliphatic hydroxyl groups excluding tert-OH is 1. The number of carbonyl (C=O) groups is 1. The molecule has 0 aromatic carbocycles. The van der Waals surface area contributed by atoms with Crippen molar-refractivity contribution in [2.24, 2.45) is 5.92 Å². The van der Waals surface area contributed by atoms with Gasteiger partial charge in [-0.3, -0.25) is 9.89 Å². The lowest BCUT2D eigenvalue weighted by Gasteiger charge is -2.13. The molecule has 6 heteroatoms. The SMILES string of the molecule is CC(C)CC(O)CNC(=O)c1cc(-c2cccs2)[nH]n1. The molecule has 1 atom stereocenters. The first kappa shape index (κ1) is 14.7. The van der Waals surface area contributed by atoms with E-state index < -0.39 is 6.10 Å². The first-order chi connectivity index (χ1) is 9.56. The molecule has 0 spiro atoms. The van der Waals surface area contributed by atoms with Gasteiger partial charge in [0.05, 0.1) is 16.7 Å². The van der Waals surface area contributed by atoms with Crippen LogP contribution in [0.25, 0.3) is 10.6 Å². The highest BCUT2D eigenvalue weighted by Gasteiger charge is 2.14. The second-order valence-corrected chi connectivity index (χ2v) is 6.09. The minimum Gasteiger partial charge on any atom is -0.391 e. The van der Waals surface area contributed by atoms with Gasteiger partial charge in [0.25, 0.3) is 5.91 Å². The Morgan fingerprint density at radius 3 is 3.00 bits per heavy atom. The van der Waals surface area contributed by atoms with E-state index in [1.807, 2.05) is 31.4 Å². The fraction of sp³-hybridized carbons (Fsp3) is 0.429. The van der Waals surface area contributed by atoms with Crippen molar-refractivity contribution in [3.63, 3.8) is 0 Å². The highest BCUT2D eigenvalue weighted by molar-refractivity contribution is 7.13. The molecule has 1 unspecified atom stereocenters. The minimum absolute atomic E-state index is 0.248. The van der Waals surface area contributed by atoms with Gasteiger partial charge in [-0.05, 0) is 29.9 Å². The van der Waals surface area contributed by atoms with Gasteiger partial charge in [0, 0.05) is 6.54 Å². The molecule has 20 heavy (non-hydrogen) atoms. The third-order valence-corrected chi connectivity index (χ3v) is 3.74. The summed E-state index contributed by atoms with van der Waals surface area (Å²) in [5.74, 6) is 0.129. The summed E-state index contributed by atoms with van der Waals surface area (Å²) in [6, 6.07) is 5.63. The summed E-state index contributed by atoms with van der Waals surface area (Å²) in [5.41, 5.74) is 1.16. The number of aromatic amines is 1. The van der Waals surface area contributed by atoms with Crippen LogP contribution >= 0.6 is 11.3 Å². The van der Waals surface area contributed by atoms with Crippen LogP contribution in [0.2, 0.25) is 0 Å². The van der Waals surface area contributed by atoms with E-state index in [9.17, 15) is 9.90 Å². The van der Waals surface area contributed by atoms with Gasteiger partial charge in [-0.25, -0.2) is 0 Å². The van der Waals surface area contributed by atoms with E-state index in [1.165, 1.54) is 0 Å². The topological polar surface area (TPSA) is 78.0 Å².